The molecule has 0 aliphatic carbocycles. The van der Waals surface area contributed by atoms with Crippen molar-refractivity contribution in [1.82, 2.24) is 15.5 Å². The van der Waals surface area contributed by atoms with Crippen molar-refractivity contribution in [1.29, 1.82) is 0 Å². The van der Waals surface area contributed by atoms with Crippen LogP contribution in [0.1, 0.15) is 42.9 Å². The van der Waals surface area contributed by atoms with E-state index in [2.05, 4.69) is 53.6 Å². The highest BCUT2D eigenvalue weighted by Crippen LogP contribution is 2.23. The van der Waals surface area contributed by atoms with Crippen LogP contribution in [-0.4, -0.2) is 10.2 Å². The van der Waals surface area contributed by atoms with Crippen LogP contribution >= 0.6 is 0 Å². The fraction of sp³-hybridized carbons (Fsp3) is 0.263. The summed E-state index contributed by atoms with van der Waals surface area (Å²) < 4.78 is 5.81. The number of rotatable bonds is 5. The minimum Gasteiger partial charge on any atom is -0.419 e. The molecule has 0 aliphatic heterocycles. The van der Waals surface area contributed by atoms with Crippen molar-refractivity contribution in [2.24, 2.45) is 0 Å². The van der Waals surface area contributed by atoms with Gasteiger partial charge in [-0.15, -0.1) is 10.2 Å². The van der Waals surface area contributed by atoms with E-state index in [0.717, 1.165) is 5.56 Å². The highest BCUT2D eigenvalue weighted by molar-refractivity contribution is 5.51. The Morgan fingerprint density at radius 2 is 1.57 bits per heavy atom. The number of nitrogens with zero attached hydrogens (tertiary/aromatic N) is 2. The Labute approximate surface area is 136 Å². The molecule has 0 saturated heterocycles. The summed E-state index contributed by atoms with van der Waals surface area (Å²) in [6, 6.07) is 18.4. The SMILES string of the molecule is Cc1ccccc1[C@@H](C)N[C@H](C)c1nnc(-c2ccccc2)o1. The fourth-order valence-electron chi connectivity index (χ4n) is 2.72. The fourth-order valence-corrected chi connectivity index (χ4v) is 2.72. The van der Waals surface area contributed by atoms with Gasteiger partial charge >= 0.3 is 0 Å². The van der Waals surface area contributed by atoms with Crippen LogP contribution in [0.3, 0.4) is 0 Å². The van der Waals surface area contributed by atoms with Gasteiger partial charge in [0.1, 0.15) is 0 Å². The van der Waals surface area contributed by atoms with Gasteiger partial charge in [-0.3, -0.25) is 5.32 Å². The molecule has 0 aliphatic rings. The van der Waals surface area contributed by atoms with E-state index in [-0.39, 0.29) is 12.1 Å². The first kappa shape index (κ1) is 15.4. The van der Waals surface area contributed by atoms with Gasteiger partial charge in [0.25, 0.3) is 0 Å². The largest absolute Gasteiger partial charge is 0.419 e. The molecule has 0 radical (unpaired) electrons. The molecule has 0 amide bonds. The maximum absolute atomic E-state index is 5.81. The summed E-state index contributed by atoms with van der Waals surface area (Å²) in [6.07, 6.45) is 0. The smallest absolute Gasteiger partial charge is 0.247 e. The Kier molecular flexibility index (Phi) is 4.53. The van der Waals surface area contributed by atoms with E-state index in [9.17, 15) is 0 Å². The maximum Gasteiger partial charge on any atom is 0.247 e. The molecule has 0 fully saturated rings. The maximum atomic E-state index is 5.81. The van der Waals surface area contributed by atoms with Crippen LogP contribution in [0, 0.1) is 6.92 Å². The van der Waals surface area contributed by atoms with Crippen molar-refractivity contribution in [3.63, 3.8) is 0 Å². The molecule has 2 aromatic carbocycles. The molecular weight excluding hydrogens is 286 g/mol. The van der Waals surface area contributed by atoms with Gasteiger partial charge in [0.2, 0.25) is 11.8 Å². The van der Waals surface area contributed by atoms with E-state index in [4.69, 9.17) is 4.42 Å². The zero-order chi connectivity index (χ0) is 16.2. The van der Waals surface area contributed by atoms with E-state index < -0.39 is 0 Å². The first-order chi connectivity index (χ1) is 11.1. The molecule has 0 saturated carbocycles. The molecule has 3 rings (SSSR count). The highest BCUT2D eigenvalue weighted by atomic mass is 16.4. The monoisotopic (exact) mass is 307 g/mol. The standard InChI is InChI=1S/C19H21N3O/c1-13-9-7-8-12-17(13)14(2)20-15(3)18-21-22-19(23-18)16-10-5-4-6-11-16/h4-12,14-15,20H,1-3H3/t14-,15-/m1/s1. The summed E-state index contributed by atoms with van der Waals surface area (Å²) in [5.41, 5.74) is 3.49. The molecular formula is C19H21N3O. The Bertz CT molecular complexity index is 767. The number of benzene rings is 2. The number of aryl methyl sites for hydroxylation is 1. The molecule has 23 heavy (non-hydrogen) atoms. The number of hydrogen-bond acceptors (Lipinski definition) is 4. The summed E-state index contributed by atoms with van der Waals surface area (Å²) in [5, 5.41) is 11.9. The van der Waals surface area contributed by atoms with E-state index in [0.29, 0.717) is 11.8 Å². The van der Waals surface area contributed by atoms with E-state index in [1.54, 1.807) is 0 Å². The molecule has 1 N–H and O–H groups in total. The minimum absolute atomic E-state index is 0.0189. The van der Waals surface area contributed by atoms with E-state index >= 15 is 0 Å². The van der Waals surface area contributed by atoms with Gasteiger partial charge in [0.15, 0.2) is 0 Å². The number of hydrogen-bond donors (Lipinski definition) is 1. The number of aromatic nitrogens is 2. The Morgan fingerprint density at radius 3 is 2.30 bits per heavy atom. The molecule has 0 unspecified atom stereocenters. The van der Waals surface area contributed by atoms with Gasteiger partial charge in [-0.2, -0.15) is 0 Å². The van der Waals surface area contributed by atoms with Crippen LogP contribution in [0.2, 0.25) is 0 Å². The summed E-state index contributed by atoms with van der Waals surface area (Å²) in [4.78, 5) is 0. The topological polar surface area (TPSA) is 51.0 Å². The van der Waals surface area contributed by atoms with Gasteiger partial charge < -0.3 is 4.42 Å². The second-order valence-corrected chi connectivity index (χ2v) is 5.78. The molecule has 0 spiro atoms. The molecule has 118 valence electrons. The third-order valence-electron chi connectivity index (χ3n) is 3.99. The van der Waals surface area contributed by atoms with Gasteiger partial charge in [0.05, 0.1) is 6.04 Å². The third-order valence-corrected chi connectivity index (χ3v) is 3.99. The lowest BCUT2D eigenvalue weighted by Crippen LogP contribution is -2.23. The van der Waals surface area contributed by atoms with Gasteiger partial charge in [0, 0.05) is 11.6 Å². The second-order valence-electron chi connectivity index (χ2n) is 5.78. The van der Waals surface area contributed by atoms with E-state index in [1.165, 1.54) is 11.1 Å². The lowest BCUT2D eigenvalue weighted by atomic mass is 10.0. The molecule has 2 atom stereocenters. The Balaban J connectivity index is 1.73. The molecule has 4 heteroatoms. The van der Waals surface area contributed by atoms with Crippen LogP contribution in [0.25, 0.3) is 11.5 Å². The first-order valence-corrected chi connectivity index (χ1v) is 7.85. The van der Waals surface area contributed by atoms with Gasteiger partial charge in [-0.25, -0.2) is 0 Å². The summed E-state index contributed by atoms with van der Waals surface area (Å²) in [5.74, 6) is 1.15. The average molecular weight is 307 g/mol. The van der Waals surface area contributed by atoms with E-state index in [1.807, 2.05) is 37.3 Å². The summed E-state index contributed by atoms with van der Waals surface area (Å²) in [6.45, 7) is 6.31. The zero-order valence-electron chi connectivity index (χ0n) is 13.7. The zero-order valence-corrected chi connectivity index (χ0v) is 13.7. The van der Waals surface area contributed by atoms with Crippen molar-refractivity contribution in [3.05, 3.63) is 71.6 Å². The van der Waals surface area contributed by atoms with Crippen LogP contribution in [0.5, 0.6) is 0 Å². The lowest BCUT2D eigenvalue weighted by molar-refractivity contribution is 0.394. The normalized spacial score (nSPS) is 13.7. The molecule has 0 bridgehead atoms. The molecule has 1 aromatic heterocycles. The Hall–Kier alpha value is -2.46. The Morgan fingerprint density at radius 1 is 0.870 bits per heavy atom. The second kappa shape index (κ2) is 6.75. The third kappa shape index (κ3) is 3.48. The predicted octanol–water partition coefficient (Wildman–Crippen LogP) is 4.46. The van der Waals surface area contributed by atoms with Crippen molar-refractivity contribution in [2.75, 3.05) is 0 Å². The lowest BCUT2D eigenvalue weighted by Gasteiger charge is -2.19. The molecule has 1 heterocycles. The van der Waals surface area contributed by atoms with Crippen LogP contribution < -0.4 is 5.32 Å². The van der Waals surface area contributed by atoms with Gasteiger partial charge in [-0.05, 0) is 44.0 Å². The average Bonchev–Trinajstić information content (AvgIpc) is 3.06. The predicted molar refractivity (Wildman–Crippen MR) is 90.9 cm³/mol. The highest BCUT2D eigenvalue weighted by Gasteiger charge is 2.18. The van der Waals surface area contributed by atoms with Crippen LogP contribution in [0.4, 0.5) is 0 Å². The first-order valence-electron chi connectivity index (χ1n) is 7.85. The van der Waals surface area contributed by atoms with Crippen molar-refractivity contribution < 1.29 is 4.42 Å². The summed E-state index contributed by atoms with van der Waals surface area (Å²) >= 11 is 0. The van der Waals surface area contributed by atoms with Crippen molar-refractivity contribution in [2.45, 2.75) is 32.9 Å². The minimum atomic E-state index is -0.0189. The quantitative estimate of drug-likeness (QED) is 0.756. The van der Waals surface area contributed by atoms with Crippen molar-refractivity contribution in [3.8, 4) is 11.5 Å². The van der Waals surface area contributed by atoms with Crippen LogP contribution in [-0.2, 0) is 0 Å². The van der Waals surface area contributed by atoms with Crippen molar-refractivity contribution >= 4 is 0 Å². The summed E-state index contributed by atoms with van der Waals surface area (Å²) in [7, 11) is 0. The van der Waals surface area contributed by atoms with Gasteiger partial charge in [-0.1, -0.05) is 42.5 Å². The molecule has 3 aromatic rings. The molecule has 4 nitrogen and oxygen atoms in total. The number of nitrogens with one attached hydrogen (secondary N) is 1. The van der Waals surface area contributed by atoms with Crippen LogP contribution in [0.15, 0.2) is 59.0 Å².